The number of fused-ring (bicyclic) bond motifs is 1. The number of hydrogen-bond donors (Lipinski definition) is 2. The van der Waals surface area contributed by atoms with Gasteiger partial charge in [-0.1, -0.05) is 13.0 Å². The summed E-state index contributed by atoms with van der Waals surface area (Å²) in [6.45, 7) is 0.885. The van der Waals surface area contributed by atoms with Crippen LogP contribution in [0.3, 0.4) is 0 Å². The maximum Gasteiger partial charge on any atom is 0.393 e. The van der Waals surface area contributed by atoms with E-state index < -0.39 is 24.2 Å². The highest BCUT2D eigenvalue weighted by Gasteiger charge is 2.43. The lowest BCUT2D eigenvalue weighted by Crippen LogP contribution is -2.44. The smallest absolute Gasteiger partial charge is 0.393 e. The Morgan fingerprint density at radius 1 is 1.19 bits per heavy atom. The Balaban J connectivity index is 2.02. The Morgan fingerprint density at radius 3 is 2.50 bits per heavy atom. The molecule has 1 aromatic carbocycles. The number of alkyl halides is 3. The van der Waals surface area contributed by atoms with Gasteiger partial charge in [0.2, 0.25) is 0 Å². The van der Waals surface area contributed by atoms with Crippen molar-refractivity contribution in [2.24, 2.45) is 5.92 Å². The van der Waals surface area contributed by atoms with Crippen LogP contribution in [0.1, 0.15) is 18.8 Å². The Kier molecular flexibility index (Phi) is 4.54. The highest BCUT2D eigenvalue weighted by atomic mass is 19.4. The van der Waals surface area contributed by atoms with Crippen molar-refractivity contribution < 1.29 is 23.1 Å². The van der Waals surface area contributed by atoms with E-state index in [2.05, 4.69) is 15.0 Å². The van der Waals surface area contributed by atoms with Crippen molar-refractivity contribution in [1.82, 2.24) is 20.3 Å². The van der Waals surface area contributed by atoms with Crippen molar-refractivity contribution in [1.29, 1.82) is 0 Å². The van der Waals surface area contributed by atoms with E-state index in [1.165, 1.54) is 0 Å². The molecule has 3 aromatic rings. The molecule has 0 spiro atoms. The number of nitrogens with zero attached hydrogens (tertiary/aromatic N) is 2. The molecular formula is C17H14F3N4O2-. The topological polar surface area (TPSA) is 93.7 Å². The average molecular weight is 363 g/mol. The van der Waals surface area contributed by atoms with Gasteiger partial charge >= 0.3 is 6.18 Å². The Morgan fingerprint density at radius 2 is 1.88 bits per heavy atom. The molecule has 2 heterocycles. The molecule has 0 aliphatic carbocycles. The Hall–Kier alpha value is -3.10. The van der Waals surface area contributed by atoms with Crippen molar-refractivity contribution in [3.8, 4) is 11.1 Å². The number of pyridine rings is 1. The number of H-pyrrole nitrogens is 1. The molecule has 6 nitrogen and oxygen atoms in total. The first-order valence-corrected chi connectivity index (χ1v) is 7.70. The number of amides is 1. The van der Waals surface area contributed by atoms with E-state index in [-0.39, 0.29) is 5.82 Å². The Bertz CT molecular complexity index is 925. The molecule has 26 heavy (non-hydrogen) atoms. The third kappa shape index (κ3) is 3.61. The standard InChI is InChI=1S/C17H15F3N4O2/c1-9(17(18,19)20)14(24-16(25)26)15-22-12-3-2-11(8-13(12)23-15)10-4-6-21-7-5-10/h2-9,14,24H,1H3,(H,22,23)(H,25,26)/p-1. The van der Waals surface area contributed by atoms with E-state index in [0.717, 1.165) is 18.1 Å². The molecule has 1 amide bonds. The number of nitrogens with one attached hydrogen (secondary N) is 2. The molecule has 0 aliphatic heterocycles. The van der Waals surface area contributed by atoms with Crippen LogP contribution in [0.25, 0.3) is 22.2 Å². The quantitative estimate of drug-likeness (QED) is 0.745. The summed E-state index contributed by atoms with van der Waals surface area (Å²) in [5, 5.41) is 12.6. The van der Waals surface area contributed by atoms with Crippen molar-refractivity contribution in [2.75, 3.05) is 0 Å². The van der Waals surface area contributed by atoms with Gasteiger partial charge in [0.05, 0.1) is 23.0 Å². The first-order valence-electron chi connectivity index (χ1n) is 7.70. The van der Waals surface area contributed by atoms with Crippen LogP contribution < -0.4 is 10.4 Å². The molecule has 2 unspecified atom stereocenters. The number of carbonyl (C=O) groups excluding carboxylic acids is 1. The number of carbonyl (C=O) groups is 1. The van der Waals surface area contributed by atoms with Crippen molar-refractivity contribution >= 4 is 17.1 Å². The molecule has 0 radical (unpaired) electrons. The highest BCUT2D eigenvalue weighted by Crippen LogP contribution is 2.35. The van der Waals surface area contributed by atoms with Crippen LogP contribution in [0.15, 0.2) is 42.7 Å². The molecule has 0 aliphatic rings. The molecular weight excluding hydrogens is 349 g/mol. The molecule has 2 aromatic heterocycles. The lowest BCUT2D eigenvalue weighted by Gasteiger charge is -2.26. The van der Waals surface area contributed by atoms with Crippen molar-refractivity contribution in [3.63, 3.8) is 0 Å². The van der Waals surface area contributed by atoms with Gasteiger partial charge in [0.25, 0.3) is 0 Å². The maximum absolute atomic E-state index is 13.1. The summed E-state index contributed by atoms with van der Waals surface area (Å²) in [7, 11) is 0. The van der Waals surface area contributed by atoms with E-state index in [1.807, 2.05) is 0 Å². The van der Waals surface area contributed by atoms with Crippen LogP contribution in [0.2, 0.25) is 0 Å². The van der Waals surface area contributed by atoms with Crippen LogP contribution in [-0.4, -0.2) is 27.2 Å². The monoisotopic (exact) mass is 363 g/mol. The number of halogens is 3. The van der Waals surface area contributed by atoms with Crippen LogP contribution in [0.5, 0.6) is 0 Å². The van der Waals surface area contributed by atoms with Gasteiger partial charge in [-0.15, -0.1) is 0 Å². The summed E-state index contributed by atoms with van der Waals surface area (Å²) in [5.41, 5.74) is 2.63. The minimum Gasteiger partial charge on any atom is -0.530 e. The fourth-order valence-electron chi connectivity index (χ4n) is 2.65. The van der Waals surface area contributed by atoms with Crippen LogP contribution in [-0.2, 0) is 0 Å². The second-order valence-corrected chi connectivity index (χ2v) is 5.83. The van der Waals surface area contributed by atoms with Gasteiger partial charge in [-0.05, 0) is 35.4 Å². The first kappa shape index (κ1) is 17.7. The van der Waals surface area contributed by atoms with Gasteiger partial charge < -0.3 is 20.2 Å². The lowest BCUT2D eigenvalue weighted by atomic mass is 10.0. The van der Waals surface area contributed by atoms with E-state index >= 15 is 0 Å². The van der Waals surface area contributed by atoms with E-state index in [1.54, 1.807) is 48.0 Å². The molecule has 3 rings (SSSR count). The zero-order valence-electron chi connectivity index (χ0n) is 13.5. The SMILES string of the molecule is CC(C(NC(=O)[O-])c1nc2ccc(-c3ccncc3)cc2[nH]1)C(F)(F)F. The maximum atomic E-state index is 13.1. The number of benzene rings is 1. The number of imidazole rings is 1. The fraction of sp³-hybridized carbons (Fsp3) is 0.235. The number of rotatable bonds is 4. The molecule has 2 atom stereocenters. The van der Waals surface area contributed by atoms with Gasteiger partial charge in [-0.3, -0.25) is 4.98 Å². The van der Waals surface area contributed by atoms with Crippen molar-refractivity contribution in [3.05, 3.63) is 48.5 Å². The van der Waals surface area contributed by atoms with Crippen molar-refractivity contribution in [2.45, 2.75) is 19.1 Å². The number of aromatic amines is 1. The summed E-state index contributed by atoms with van der Waals surface area (Å²) in [6, 6.07) is 7.15. The normalized spacial score (nSPS) is 14.2. The fourth-order valence-corrected chi connectivity index (χ4v) is 2.65. The molecule has 0 bridgehead atoms. The second-order valence-electron chi connectivity index (χ2n) is 5.83. The van der Waals surface area contributed by atoms with Crippen LogP contribution in [0, 0.1) is 5.92 Å². The van der Waals surface area contributed by atoms with Gasteiger partial charge in [0.15, 0.2) is 0 Å². The summed E-state index contributed by atoms with van der Waals surface area (Å²) in [5.74, 6) is -2.11. The Labute approximate surface area is 146 Å². The minimum atomic E-state index is -4.60. The number of aromatic nitrogens is 3. The van der Waals surface area contributed by atoms with E-state index in [0.29, 0.717) is 11.0 Å². The predicted molar refractivity (Wildman–Crippen MR) is 85.8 cm³/mol. The first-order chi connectivity index (χ1) is 12.3. The lowest BCUT2D eigenvalue weighted by molar-refractivity contribution is -0.254. The zero-order chi connectivity index (χ0) is 18.9. The highest BCUT2D eigenvalue weighted by molar-refractivity contribution is 5.82. The molecule has 0 saturated carbocycles. The van der Waals surface area contributed by atoms with Gasteiger partial charge in [-0.25, -0.2) is 4.98 Å². The summed E-state index contributed by atoms with van der Waals surface area (Å²) in [4.78, 5) is 21.7. The van der Waals surface area contributed by atoms with E-state index in [4.69, 9.17) is 0 Å². The average Bonchev–Trinajstić information content (AvgIpc) is 3.01. The minimum absolute atomic E-state index is 0.124. The van der Waals surface area contributed by atoms with Crippen LogP contribution >= 0.6 is 0 Å². The predicted octanol–water partition coefficient (Wildman–Crippen LogP) is 2.80. The largest absolute Gasteiger partial charge is 0.530 e. The third-order valence-electron chi connectivity index (χ3n) is 4.10. The summed E-state index contributed by atoms with van der Waals surface area (Å²) >= 11 is 0. The molecule has 2 N–H and O–H groups in total. The molecule has 0 saturated heterocycles. The molecule has 9 heteroatoms. The molecule has 136 valence electrons. The number of hydrogen-bond acceptors (Lipinski definition) is 4. The third-order valence-corrected chi connectivity index (χ3v) is 4.10. The van der Waals surface area contributed by atoms with Gasteiger partial charge in [0.1, 0.15) is 11.9 Å². The van der Waals surface area contributed by atoms with Gasteiger partial charge in [0, 0.05) is 12.4 Å². The zero-order valence-corrected chi connectivity index (χ0v) is 13.5. The second kappa shape index (κ2) is 6.66. The summed E-state index contributed by atoms with van der Waals surface area (Å²) < 4.78 is 39.2. The van der Waals surface area contributed by atoms with E-state index in [9.17, 15) is 23.1 Å². The number of carboxylic acid groups (broad SMARTS) is 1. The van der Waals surface area contributed by atoms with Crippen LogP contribution in [0.4, 0.5) is 18.0 Å². The summed E-state index contributed by atoms with van der Waals surface area (Å²) in [6.07, 6.45) is -3.15. The molecule has 0 fully saturated rings. The van der Waals surface area contributed by atoms with Gasteiger partial charge in [-0.2, -0.15) is 13.2 Å².